The van der Waals surface area contributed by atoms with Gasteiger partial charge >= 0.3 is 0 Å². The molecule has 0 saturated carbocycles. The topological polar surface area (TPSA) is 69.7 Å². The van der Waals surface area contributed by atoms with Gasteiger partial charge in [0, 0.05) is 43.6 Å². The highest BCUT2D eigenvalue weighted by atomic mass is 32.2. The number of sulfonamides is 1. The second-order valence-corrected chi connectivity index (χ2v) is 8.85. The summed E-state index contributed by atoms with van der Waals surface area (Å²) in [6.45, 7) is 7.27. The minimum absolute atomic E-state index is 0.0889. The van der Waals surface area contributed by atoms with E-state index in [9.17, 15) is 13.2 Å². The van der Waals surface area contributed by atoms with Crippen LogP contribution in [-0.2, 0) is 10.0 Å². The molecule has 7 heteroatoms. The molecular formula is C20H27N3O3S. The van der Waals surface area contributed by atoms with Gasteiger partial charge in [-0.15, -0.1) is 0 Å². The first kappa shape index (κ1) is 20.9. The Kier molecular flexibility index (Phi) is 6.62. The fourth-order valence-electron chi connectivity index (χ4n) is 2.79. The zero-order chi connectivity index (χ0) is 20.2. The SMILES string of the molecule is CCN(c1ccc(NC(=O)c2cccc(S(=O)(=O)N(C)C)c2)cc1)C(C)C. The molecular weight excluding hydrogens is 362 g/mol. The minimum atomic E-state index is -3.58. The average Bonchev–Trinajstić information content (AvgIpc) is 2.63. The van der Waals surface area contributed by atoms with Crippen LogP contribution in [0.4, 0.5) is 11.4 Å². The molecule has 0 fully saturated rings. The molecule has 0 radical (unpaired) electrons. The third kappa shape index (κ3) is 4.87. The van der Waals surface area contributed by atoms with Crippen LogP contribution in [0.1, 0.15) is 31.1 Å². The summed E-state index contributed by atoms with van der Waals surface area (Å²) >= 11 is 0. The number of hydrogen-bond donors (Lipinski definition) is 1. The van der Waals surface area contributed by atoms with Crippen molar-refractivity contribution in [2.24, 2.45) is 0 Å². The normalized spacial score (nSPS) is 11.7. The van der Waals surface area contributed by atoms with Crippen molar-refractivity contribution in [1.29, 1.82) is 0 Å². The first-order valence-electron chi connectivity index (χ1n) is 8.87. The van der Waals surface area contributed by atoms with Crippen molar-refractivity contribution in [1.82, 2.24) is 4.31 Å². The molecule has 0 aliphatic rings. The molecule has 0 atom stereocenters. The number of carbonyl (C=O) groups excluding carboxylic acids is 1. The first-order chi connectivity index (χ1) is 12.7. The fourth-order valence-corrected chi connectivity index (χ4v) is 3.74. The van der Waals surface area contributed by atoms with E-state index in [0.717, 1.165) is 16.5 Å². The molecule has 0 aliphatic carbocycles. The largest absolute Gasteiger partial charge is 0.369 e. The number of nitrogens with one attached hydrogen (secondary N) is 1. The van der Waals surface area contributed by atoms with Gasteiger partial charge in [0.05, 0.1) is 4.90 Å². The zero-order valence-electron chi connectivity index (χ0n) is 16.4. The molecule has 1 amide bonds. The highest BCUT2D eigenvalue weighted by Gasteiger charge is 2.19. The maximum Gasteiger partial charge on any atom is 0.255 e. The molecule has 2 aromatic carbocycles. The number of carbonyl (C=O) groups is 1. The van der Waals surface area contributed by atoms with Crippen molar-refractivity contribution in [3.05, 3.63) is 54.1 Å². The molecule has 0 spiro atoms. The number of amides is 1. The van der Waals surface area contributed by atoms with Gasteiger partial charge in [-0.25, -0.2) is 12.7 Å². The highest BCUT2D eigenvalue weighted by Crippen LogP contribution is 2.21. The summed E-state index contributed by atoms with van der Waals surface area (Å²) in [6, 6.07) is 14.0. The van der Waals surface area contributed by atoms with Gasteiger partial charge in [0.1, 0.15) is 0 Å². The lowest BCUT2D eigenvalue weighted by atomic mass is 10.2. The summed E-state index contributed by atoms with van der Waals surface area (Å²) < 4.78 is 25.6. The summed E-state index contributed by atoms with van der Waals surface area (Å²) in [4.78, 5) is 14.9. The van der Waals surface area contributed by atoms with Crippen molar-refractivity contribution in [2.45, 2.75) is 31.7 Å². The van der Waals surface area contributed by atoms with Crippen LogP contribution in [0.15, 0.2) is 53.4 Å². The smallest absolute Gasteiger partial charge is 0.255 e. The van der Waals surface area contributed by atoms with E-state index in [0.29, 0.717) is 17.3 Å². The lowest BCUT2D eigenvalue weighted by Crippen LogP contribution is -2.30. The Morgan fingerprint density at radius 1 is 1.07 bits per heavy atom. The molecule has 0 saturated heterocycles. The molecule has 0 bridgehead atoms. The quantitative estimate of drug-likeness (QED) is 0.788. The van der Waals surface area contributed by atoms with E-state index in [2.05, 4.69) is 31.0 Å². The molecule has 146 valence electrons. The van der Waals surface area contributed by atoms with E-state index in [-0.39, 0.29) is 10.8 Å². The third-order valence-electron chi connectivity index (χ3n) is 4.30. The molecule has 0 unspecified atom stereocenters. The van der Waals surface area contributed by atoms with Crippen LogP contribution < -0.4 is 10.2 Å². The Morgan fingerprint density at radius 3 is 2.22 bits per heavy atom. The van der Waals surface area contributed by atoms with Gasteiger partial charge in [-0.1, -0.05) is 6.07 Å². The standard InChI is InChI=1S/C20H27N3O3S/c1-6-23(15(2)3)18-12-10-17(11-13-18)21-20(24)16-8-7-9-19(14-16)27(25,26)22(4)5/h7-15H,6H2,1-5H3,(H,21,24). The maximum atomic E-state index is 12.5. The molecule has 6 nitrogen and oxygen atoms in total. The van der Waals surface area contributed by atoms with Gasteiger partial charge in [0.25, 0.3) is 5.91 Å². The monoisotopic (exact) mass is 389 g/mol. The van der Waals surface area contributed by atoms with Gasteiger partial charge in [-0.3, -0.25) is 4.79 Å². The third-order valence-corrected chi connectivity index (χ3v) is 6.11. The van der Waals surface area contributed by atoms with Crippen molar-refractivity contribution < 1.29 is 13.2 Å². The van der Waals surface area contributed by atoms with Crippen molar-refractivity contribution in [2.75, 3.05) is 30.9 Å². The fraction of sp³-hybridized carbons (Fsp3) is 0.350. The second kappa shape index (κ2) is 8.54. The number of rotatable bonds is 7. The summed E-state index contributed by atoms with van der Waals surface area (Å²) in [5.74, 6) is -0.352. The van der Waals surface area contributed by atoms with E-state index >= 15 is 0 Å². The molecule has 1 N–H and O–H groups in total. The van der Waals surface area contributed by atoms with E-state index in [1.54, 1.807) is 12.1 Å². The Hall–Kier alpha value is -2.38. The Morgan fingerprint density at radius 2 is 1.70 bits per heavy atom. The number of anilines is 2. The summed E-state index contributed by atoms with van der Waals surface area (Å²) in [6.07, 6.45) is 0. The van der Waals surface area contributed by atoms with Crippen LogP contribution in [0.3, 0.4) is 0 Å². The average molecular weight is 390 g/mol. The molecule has 0 aliphatic heterocycles. The van der Waals surface area contributed by atoms with Crippen molar-refractivity contribution >= 4 is 27.3 Å². The molecule has 0 aromatic heterocycles. The first-order valence-corrected chi connectivity index (χ1v) is 10.3. The maximum absolute atomic E-state index is 12.5. The van der Waals surface area contributed by atoms with E-state index in [4.69, 9.17) is 0 Å². The van der Waals surface area contributed by atoms with E-state index in [1.165, 1.54) is 26.2 Å². The lowest BCUT2D eigenvalue weighted by molar-refractivity contribution is 0.102. The Bertz CT molecular complexity index is 891. The van der Waals surface area contributed by atoms with Gasteiger partial charge < -0.3 is 10.2 Å². The number of hydrogen-bond acceptors (Lipinski definition) is 4. The van der Waals surface area contributed by atoms with Gasteiger partial charge in [-0.05, 0) is 63.2 Å². The van der Waals surface area contributed by atoms with Crippen LogP contribution in [-0.4, -0.2) is 45.3 Å². The minimum Gasteiger partial charge on any atom is -0.369 e. The predicted octanol–water partition coefficient (Wildman–Crippen LogP) is 3.42. The Balaban J connectivity index is 2.18. The van der Waals surface area contributed by atoms with E-state index < -0.39 is 10.0 Å². The number of benzene rings is 2. The van der Waals surface area contributed by atoms with Crippen molar-refractivity contribution in [3.8, 4) is 0 Å². The zero-order valence-corrected chi connectivity index (χ0v) is 17.2. The molecule has 2 rings (SSSR count). The van der Waals surface area contributed by atoms with Gasteiger partial charge in [-0.2, -0.15) is 0 Å². The van der Waals surface area contributed by atoms with Crippen molar-refractivity contribution in [3.63, 3.8) is 0 Å². The highest BCUT2D eigenvalue weighted by molar-refractivity contribution is 7.89. The molecule has 27 heavy (non-hydrogen) atoms. The van der Waals surface area contributed by atoms with Gasteiger partial charge in [0.15, 0.2) is 0 Å². The Labute approximate surface area is 161 Å². The summed E-state index contributed by atoms with van der Waals surface area (Å²) in [7, 11) is -0.667. The molecule has 2 aromatic rings. The van der Waals surface area contributed by atoms with Crippen LogP contribution >= 0.6 is 0 Å². The van der Waals surface area contributed by atoms with Crippen LogP contribution in [0.25, 0.3) is 0 Å². The van der Waals surface area contributed by atoms with Crippen LogP contribution in [0.2, 0.25) is 0 Å². The molecule has 0 heterocycles. The predicted molar refractivity (Wildman–Crippen MR) is 110 cm³/mol. The van der Waals surface area contributed by atoms with Gasteiger partial charge in [0.2, 0.25) is 10.0 Å². The van der Waals surface area contributed by atoms with Crippen LogP contribution in [0.5, 0.6) is 0 Å². The summed E-state index contributed by atoms with van der Waals surface area (Å²) in [5, 5.41) is 2.81. The summed E-state index contributed by atoms with van der Waals surface area (Å²) in [5.41, 5.74) is 2.04. The van der Waals surface area contributed by atoms with Crippen LogP contribution in [0, 0.1) is 0 Å². The second-order valence-electron chi connectivity index (χ2n) is 6.70. The van der Waals surface area contributed by atoms with E-state index in [1.807, 2.05) is 24.3 Å². The number of nitrogens with zero attached hydrogens (tertiary/aromatic N) is 2. The lowest BCUT2D eigenvalue weighted by Gasteiger charge is -2.27.